The Balaban J connectivity index is 1.34. The van der Waals surface area contributed by atoms with Crippen molar-refractivity contribution in [2.75, 3.05) is 18.1 Å². The van der Waals surface area contributed by atoms with Gasteiger partial charge in [0.05, 0.1) is 6.61 Å². The van der Waals surface area contributed by atoms with Gasteiger partial charge < -0.3 is 15.0 Å². The average molecular weight is 364 g/mol. The second-order valence-corrected chi connectivity index (χ2v) is 7.18. The molecule has 0 aliphatic carbocycles. The first-order valence-electron chi connectivity index (χ1n) is 9.58. The highest BCUT2D eigenvalue weighted by atomic mass is 16.5. The fourth-order valence-electron chi connectivity index (χ4n) is 3.76. The molecule has 27 heavy (non-hydrogen) atoms. The first-order chi connectivity index (χ1) is 13.2. The molecule has 2 aromatic rings. The van der Waals surface area contributed by atoms with Crippen molar-refractivity contribution >= 4 is 17.5 Å². The van der Waals surface area contributed by atoms with Crippen LogP contribution in [-0.2, 0) is 22.6 Å². The Bertz CT molecular complexity index is 832. The van der Waals surface area contributed by atoms with Crippen LogP contribution in [0.25, 0.3) is 0 Å². The molecule has 0 spiro atoms. The molecule has 2 heterocycles. The molecule has 0 bridgehead atoms. The van der Waals surface area contributed by atoms with E-state index in [9.17, 15) is 9.59 Å². The van der Waals surface area contributed by atoms with Gasteiger partial charge in [0, 0.05) is 31.1 Å². The maximum absolute atomic E-state index is 12.6. The van der Waals surface area contributed by atoms with Crippen LogP contribution >= 0.6 is 0 Å². The van der Waals surface area contributed by atoms with Gasteiger partial charge in [-0.15, -0.1) is 0 Å². The number of fused-ring (bicyclic) bond motifs is 1. The molecule has 0 saturated carbocycles. The standard InChI is InChI=1S/C22H24N2O3/c25-21-6-3-12-24(21)19-9-7-16(8-10-19)15-23-22(26)18-11-13-27-20-5-2-1-4-17(20)14-18/h1-2,4-5,7-10,18H,3,6,11-15H2,(H,23,26). The number of ether oxygens (including phenoxy) is 1. The van der Waals surface area contributed by atoms with Crippen LogP contribution in [0, 0.1) is 5.92 Å². The first kappa shape index (κ1) is 17.6. The van der Waals surface area contributed by atoms with Crippen LogP contribution in [0.5, 0.6) is 5.75 Å². The van der Waals surface area contributed by atoms with Gasteiger partial charge in [-0.1, -0.05) is 30.3 Å². The average Bonchev–Trinajstić information content (AvgIpc) is 3.00. The fraction of sp³-hybridized carbons (Fsp3) is 0.364. The van der Waals surface area contributed by atoms with Crippen molar-refractivity contribution < 1.29 is 14.3 Å². The highest BCUT2D eigenvalue weighted by Gasteiger charge is 2.24. The predicted molar refractivity (Wildman–Crippen MR) is 104 cm³/mol. The third-order valence-electron chi connectivity index (χ3n) is 5.32. The first-order valence-corrected chi connectivity index (χ1v) is 9.58. The highest BCUT2D eigenvalue weighted by molar-refractivity contribution is 5.95. The Morgan fingerprint density at radius 1 is 1.15 bits per heavy atom. The number of rotatable bonds is 4. The molecule has 2 aromatic carbocycles. The van der Waals surface area contributed by atoms with Gasteiger partial charge >= 0.3 is 0 Å². The molecule has 140 valence electrons. The van der Waals surface area contributed by atoms with Gasteiger partial charge in [0.2, 0.25) is 11.8 Å². The van der Waals surface area contributed by atoms with Crippen molar-refractivity contribution in [1.82, 2.24) is 5.32 Å². The monoisotopic (exact) mass is 364 g/mol. The summed E-state index contributed by atoms with van der Waals surface area (Å²) >= 11 is 0. The normalized spacial score (nSPS) is 19.2. The molecule has 4 rings (SSSR count). The van der Waals surface area contributed by atoms with Gasteiger partial charge in [0.25, 0.3) is 0 Å². The molecule has 1 unspecified atom stereocenters. The maximum atomic E-state index is 12.6. The Morgan fingerprint density at radius 3 is 2.74 bits per heavy atom. The van der Waals surface area contributed by atoms with E-state index in [0.717, 1.165) is 42.0 Å². The van der Waals surface area contributed by atoms with Gasteiger partial charge in [0.1, 0.15) is 5.75 Å². The van der Waals surface area contributed by atoms with Crippen LogP contribution in [0.3, 0.4) is 0 Å². The summed E-state index contributed by atoms with van der Waals surface area (Å²) in [6.45, 7) is 1.85. The smallest absolute Gasteiger partial charge is 0.227 e. The number of para-hydroxylation sites is 1. The van der Waals surface area contributed by atoms with Crippen molar-refractivity contribution in [1.29, 1.82) is 0 Å². The van der Waals surface area contributed by atoms with Crippen LogP contribution in [0.1, 0.15) is 30.4 Å². The van der Waals surface area contributed by atoms with Gasteiger partial charge in [-0.2, -0.15) is 0 Å². The summed E-state index contributed by atoms with van der Waals surface area (Å²) in [6, 6.07) is 15.8. The number of carbonyl (C=O) groups excluding carboxylic acids is 2. The summed E-state index contributed by atoms with van der Waals surface area (Å²) in [5.41, 5.74) is 3.06. The minimum Gasteiger partial charge on any atom is -0.493 e. The Kier molecular flexibility index (Phi) is 5.10. The Hall–Kier alpha value is -2.82. The summed E-state index contributed by atoms with van der Waals surface area (Å²) in [4.78, 5) is 26.3. The topological polar surface area (TPSA) is 58.6 Å². The summed E-state index contributed by atoms with van der Waals surface area (Å²) in [5, 5.41) is 3.05. The molecular weight excluding hydrogens is 340 g/mol. The summed E-state index contributed by atoms with van der Waals surface area (Å²) in [7, 11) is 0. The third kappa shape index (κ3) is 3.97. The maximum Gasteiger partial charge on any atom is 0.227 e. The molecule has 2 amide bonds. The van der Waals surface area contributed by atoms with E-state index in [4.69, 9.17) is 4.74 Å². The van der Waals surface area contributed by atoms with Gasteiger partial charge in [-0.25, -0.2) is 0 Å². The van der Waals surface area contributed by atoms with Crippen molar-refractivity contribution in [2.45, 2.75) is 32.2 Å². The van der Waals surface area contributed by atoms with E-state index in [0.29, 0.717) is 26.0 Å². The minimum atomic E-state index is -0.0739. The number of anilines is 1. The van der Waals surface area contributed by atoms with E-state index in [1.807, 2.05) is 53.4 Å². The zero-order valence-corrected chi connectivity index (χ0v) is 15.3. The zero-order valence-electron chi connectivity index (χ0n) is 15.3. The van der Waals surface area contributed by atoms with Gasteiger partial charge in [-0.05, 0) is 48.6 Å². The predicted octanol–water partition coefficient (Wildman–Crippen LogP) is 3.07. The van der Waals surface area contributed by atoms with Crippen molar-refractivity contribution in [3.8, 4) is 5.75 Å². The number of carbonyl (C=O) groups is 2. The summed E-state index contributed by atoms with van der Waals surface area (Å²) < 4.78 is 5.75. The van der Waals surface area contributed by atoms with Crippen LogP contribution in [-0.4, -0.2) is 25.0 Å². The molecule has 2 aliphatic heterocycles. The lowest BCUT2D eigenvalue weighted by Gasteiger charge is -2.17. The van der Waals surface area contributed by atoms with E-state index >= 15 is 0 Å². The molecule has 1 atom stereocenters. The third-order valence-corrected chi connectivity index (χ3v) is 5.32. The van der Waals surface area contributed by atoms with E-state index in [1.165, 1.54) is 0 Å². The lowest BCUT2D eigenvalue weighted by molar-refractivity contribution is -0.125. The van der Waals surface area contributed by atoms with E-state index in [-0.39, 0.29) is 17.7 Å². The molecular formula is C22H24N2O3. The molecule has 5 nitrogen and oxygen atoms in total. The molecule has 1 saturated heterocycles. The second kappa shape index (κ2) is 7.82. The van der Waals surface area contributed by atoms with Crippen LogP contribution in [0.4, 0.5) is 5.69 Å². The zero-order chi connectivity index (χ0) is 18.6. The number of amides is 2. The number of benzene rings is 2. The van der Waals surface area contributed by atoms with Crippen LogP contribution in [0.15, 0.2) is 48.5 Å². The van der Waals surface area contributed by atoms with E-state index < -0.39 is 0 Å². The number of hydrogen-bond acceptors (Lipinski definition) is 3. The molecule has 0 aromatic heterocycles. The molecule has 2 aliphatic rings. The summed E-state index contributed by atoms with van der Waals surface area (Å²) in [5.74, 6) is 1.07. The number of hydrogen-bond donors (Lipinski definition) is 1. The Labute approximate surface area is 159 Å². The van der Waals surface area contributed by atoms with Crippen molar-refractivity contribution in [2.24, 2.45) is 5.92 Å². The lowest BCUT2D eigenvalue weighted by atomic mass is 9.96. The van der Waals surface area contributed by atoms with Crippen LogP contribution in [0.2, 0.25) is 0 Å². The number of nitrogens with zero attached hydrogens (tertiary/aromatic N) is 1. The molecule has 0 radical (unpaired) electrons. The quantitative estimate of drug-likeness (QED) is 0.907. The minimum absolute atomic E-state index is 0.0640. The largest absolute Gasteiger partial charge is 0.493 e. The molecule has 1 fully saturated rings. The number of nitrogens with one attached hydrogen (secondary N) is 1. The van der Waals surface area contributed by atoms with E-state index in [1.54, 1.807) is 0 Å². The van der Waals surface area contributed by atoms with Crippen molar-refractivity contribution in [3.05, 3.63) is 59.7 Å². The second-order valence-electron chi connectivity index (χ2n) is 7.18. The fourth-order valence-corrected chi connectivity index (χ4v) is 3.76. The molecule has 1 N–H and O–H groups in total. The van der Waals surface area contributed by atoms with Gasteiger partial charge in [0.15, 0.2) is 0 Å². The lowest BCUT2D eigenvalue weighted by Crippen LogP contribution is -2.31. The van der Waals surface area contributed by atoms with E-state index in [2.05, 4.69) is 5.32 Å². The van der Waals surface area contributed by atoms with Crippen molar-refractivity contribution in [3.63, 3.8) is 0 Å². The Morgan fingerprint density at radius 2 is 1.96 bits per heavy atom. The van der Waals surface area contributed by atoms with Gasteiger partial charge in [-0.3, -0.25) is 9.59 Å². The molecule has 5 heteroatoms. The van der Waals surface area contributed by atoms with Crippen LogP contribution < -0.4 is 15.0 Å². The summed E-state index contributed by atoms with van der Waals surface area (Å²) in [6.07, 6.45) is 2.98. The highest BCUT2D eigenvalue weighted by Crippen LogP contribution is 2.27. The SMILES string of the molecule is O=C(NCc1ccc(N2CCCC2=O)cc1)C1CCOc2ccccc2C1.